The average Bonchev–Trinajstić information content (AvgIpc) is 2.37. The molecule has 0 aromatic heterocycles. The van der Waals surface area contributed by atoms with E-state index in [0.717, 1.165) is 0 Å². The zero-order chi connectivity index (χ0) is 15.1. The van der Waals surface area contributed by atoms with E-state index in [9.17, 15) is 14.7 Å². The van der Waals surface area contributed by atoms with E-state index in [-0.39, 0.29) is 18.6 Å². The van der Waals surface area contributed by atoms with Crippen LogP contribution in [0.25, 0.3) is 6.08 Å². The van der Waals surface area contributed by atoms with E-state index in [4.69, 9.17) is 23.2 Å². The number of aliphatic hydroxyl groups excluding tert-OH is 1. The highest BCUT2D eigenvalue weighted by Crippen LogP contribution is 2.22. The zero-order valence-electron chi connectivity index (χ0n) is 10.8. The van der Waals surface area contributed by atoms with Crippen molar-refractivity contribution >= 4 is 41.0 Å². The normalized spacial score (nSPS) is 12.4. The predicted molar refractivity (Wildman–Crippen MR) is 77.8 cm³/mol. The summed E-state index contributed by atoms with van der Waals surface area (Å²) in [5.74, 6) is -0.873. The number of carbonyl (C=O) groups is 2. The van der Waals surface area contributed by atoms with Gasteiger partial charge in [0, 0.05) is 16.5 Å². The number of methoxy groups -OCH3 is 1. The maximum atomic E-state index is 11.6. The van der Waals surface area contributed by atoms with Gasteiger partial charge in [-0.1, -0.05) is 29.3 Å². The van der Waals surface area contributed by atoms with Gasteiger partial charge in [0.1, 0.15) is 0 Å². The van der Waals surface area contributed by atoms with Gasteiger partial charge in [0.2, 0.25) is 0 Å². The van der Waals surface area contributed by atoms with Crippen molar-refractivity contribution in [1.29, 1.82) is 0 Å². The number of benzene rings is 1. The Bertz CT molecular complexity index is 526. The van der Waals surface area contributed by atoms with E-state index >= 15 is 0 Å². The Hall–Kier alpha value is -1.36. The first-order chi connectivity index (χ1) is 9.42. The van der Waals surface area contributed by atoms with Gasteiger partial charge in [0.25, 0.3) is 0 Å². The topological polar surface area (TPSA) is 63.6 Å². The minimum atomic E-state index is -1.06. The Morgan fingerprint density at radius 3 is 2.65 bits per heavy atom. The van der Waals surface area contributed by atoms with Gasteiger partial charge in [-0.25, -0.2) is 0 Å². The third-order valence-electron chi connectivity index (χ3n) is 2.48. The third kappa shape index (κ3) is 5.74. The van der Waals surface area contributed by atoms with Gasteiger partial charge in [-0.3, -0.25) is 9.59 Å². The molecular formula is C14H14Cl2O4. The second kappa shape index (κ2) is 8.04. The number of esters is 1. The van der Waals surface area contributed by atoms with Crippen LogP contribution in [0.2, 0.25) is 10.0 Å². The summed E-state index contributed by atoms with van der Waals surface area (Å²) in [5.41, 5.74) is 0.645. The van der Waals surface area contributed by atoms with E-state index in [0.29, 0.717) is 15.6 Å². The van der Waals surface area contributed by atoms with Crippen molar-refractivity contribution in [3.8, 4) is 0 Å². The average molecular weight is 317 g/mol. The first kappa shape index (κ1) is 16.7. The van der Waals surface area contributed by atoms with E-state index in [1.807, 2.05) is 0 Å². The lowest BCUT2D eigenvalue weighted by atomic mass is 10.1. The summed E-state index contributed by atoms with van der Waals surface area (Å²) in [6.07, 6.45) is 1.41. The van der Waals surface area contributed by atoms with Gasteiger partial charge in [-0.2, -0.15) is 0 Å². The molecule has 1 atom stereocenters. The number of aliphatic hydroxyl groups is 1. The van der Waals surface area contributed by atoms with Crippen molar-refractivity contribution in [1.82, 2.24) is 0 Å². The molecule has 0 aliphatic carbocycles. The Kier molecular flexibility index (Phi) is 6.71. The summed E-state index contributed by atoms with van der Waals surface area (Å²) in [6.45, 7) is 0. The van der Waals surface area contributed by atoms with Gasteiger partial charge >= 0.3 is 5.97 Å². The van der Waals surface area contributed by atoms with Gasteiger partial charge in [0.05, 0.1) is 19.6 Å². The molecule has 108 valence electrons. The fourth-order valence-corrected chi connectivity index (χ4v) is 1.94. The standard InChI is InChI=1S/C14H14Cl2O4/c1-20-14(19)8-12(18)7-11(17)5-3-9-2-4-10(15)6-13(9)16/h2-6,12,18H,7-8H2,1H3. The Morgan fingerprint density at radius 1 is 1.35 bits per heavy atom. The molecule has 0 spiro atoms. The lowest BCUT2D eigenvalue weighted by molar-refractivity contribution is -0.143. The molecule has 0 fully saturated rings. The van der Waals surface area contributed by atoms with Crippen molar-refractivity contribution in [2.24, 2.45) is 0 Å². The van der Waals surface area contributed by atoms with Gasteiger partial charge in [-0.05, 0) is 29.8 Å². The van der Waals surface area contributed by atoms with E-state index < -0.39 is 12.1 Å². The van der Waals surface area contributed by atoms with E-state index in [2.05, 4.69) is 4.74 Å². The van der Waals surface area contributed by atoms with Crippen LogP contribution in [0, 0.1) is 0 Å². The number of halogens is 2. The summed E-state index contributed by atoms with van der Waals surface area (Å²) in [4.78, 5) is 22.5. The number of ketones is 1. The molecule has 1 aromatic carbocycles. The Morgan fingerprint density at radius 2 is 2.05 bits per heavy atom. The Balaban J connectivity index is 2.57. The number of allylic oxidation sites excluding steroid dienone is 1. The molecule has 0 heterocycles. The highest BCUT2D eigenvalue weighted by molar-refractivity contribution is 6.35. The van der Waals surface area contributed by atoms with Crippen molar-refractivity contribution in [3.05, 3.63) is 39.9 Å². The summed E-state index contributed by atoms with van der Waals surface area (Å²) < 4.78 is 4.40. The zero-order valence-corrected chi connectivity index (χ0v) is 12.3. The number of hydrogen-bond donors (Lipinski definition) is 1. The fraction of sp³-hybridized carbons (Fsp3) is 0.286. The van der Waals surface area contributed by atoms with Crippen LogP contribution in [0.3, 0.4) is 0 Å². The van der Waals surface area contributed by atoms with E-state index in [1.54, 1.807) is 18.2 Å². The van der Waals surface area contributed by atoms with Crippen LogP contribution in [-0.4, -0.2) is 30.1 Å². The van der Waals surface area contributed by atoms with Crippen molar-refractivity contribution in [2.45, 2.75) is 18.9 Å². The van der Waals surface area contributed by atoms with Crippen LogP contribution in [-0.2, 0) is 14.3 Å². The lowest BCUT2D eigenvalue weighted by Gasteiger charge is -2.06. The molecule has 0 amide bonds. The highest BCUT2D eigenvalue weighted by Gasteiger charge is 2.13. The molecule has 0 saturated heterocycles. The smallest absolute Gasteiger partial charge is 0.308 e. The van der Waals surface area contributed by atoms with E-state index in [1.165, 1.54) is 19.3 Å². The van der Waals surface area contributed by atoms with Crippen LogP contribution in [0.5, 0.6) is 0 Å². The van der Waals surface area contributed by atoms with Crippen LogP contribution in [0.15, 0.2) is 24.3 Å². The highest BCUT2D eigenvalue weighted by atomic mass is 35.5. The molecule has 0 aliphatic heterocycles. The number of rotatable bonds is 6. The maximum absolute atomic E-state index is 11.6. The molecule has 0 saturated carbocycles. The fourth-order valence-electron chi connectivity index (χ4n) is 1.47. The van der Waals surface area contributed by atoms with Gasteiger partial charge in [0.15, 0.2) is 5.78 Å². The van der Waals surface area contributed by atoms with Crippen LogP contribution in [0.4, 0.5) is 0 Å². The molecule has 1 N–H and O–H groups in total. The molecule has 0 aliphatic rings. The molecule has 1 unspecified atom stereocenters. The molecule has 20 heavy (non-hydrogen) atoms. The monoisotopic (exact) mass is 316 g/mol. The first-order valence-electron chi connectivity index (χ1n) is 5.83. The van der Waals surface area contributed by atoms with Gasteiger partial charge in [-0.15, -0.1) is 0 Å². The number of hydrogen-bond acceptors (Lipinski definition) is 4. The Labute approximate surface area is 126 Å². The molecule has 1 aromatic rings. The van der Waals surface area contributed by atoms with Crippen molar-refractivity contribution < 1.29 is 19.4 Å². The molecule has 6 heteroatoms. The lowest BCUT2D eigenvalue weighted by Crippen LogP contribution is -2.17. The quantitative estimate of drug-likeness (QED) is 0.647. The van der Waals surface area contributed by atoms with Crippen LogP contribution < -0.4 is 0 Å². The maximum Gasteiger partial charge on any atom is 0.308 e. The summed E-state index contributed by atoms with van der Waals surface area (Å²) in [5, 5.41) is 10.4. The van der Waals surface area contributed by atoms with Crippen molar-refractivity contribution in [2.75, 3.05) is 7.11 Å². The summed E-state index contributed by atoms with van der Waals surface area (Å²) in [7, 11) is 1.22. The SMILES string of the molecule is COC(=O)CC(O)CC(=O)C=Cc1ccc(Cl)cc1Cl. The van der Waals surface area contributed by atoms with Crippen LogP contribution in [0.1, 0.15) is 18.4 Å². The number of carbonyl (C=O) groups excluding carboxylic acids is 2. The molecular weight excluding hydrogens is 303 g/mol. The summed E-state index contributed by atoms with van der Waals surface area (Å²) >= 11 is 11.7. The first-order valence-corrected chi connectivity index (χ1v) is 6.59. The number of ether oxygens (including phenoxy) is 1. The second-order valence-corrected chi connectivity index (χ2v) is 4.95. The minimum Gasteiger partial charge on any atom is -0.469 e. The minimum absolute atomic E-state index is 0.156. The summed E-state index contributed by atoms with van der Waals surface area (Å²) in [6, 6.07) is 4.91. The largest absolute Gasteiger partial charge is 0.469 e. The molecule has 4 nitrogen and oxygen atoms in total. The van der Waals surface area contributed by atoms with Gasteiger partial charge < -0.3 is 9.84 Å². The van der Waals surface area contributed by atoms with Crippen LogP contribution >= 0.6 is 23.2 Å². The van der Waals surface area contributed by atoms with Crippen molar-refractivity contribution in [3.63, 3.8) is 0 Å². The third-order valence-corrected chi connectivity index (χ3v) is 3.04. The molecule has 0 bridgehead atoms. The molecule has 0 radical (unpaired) electrons. The predicted octanol–water partition coefficient (Wildman–Crippen LogP) is 2.89. The second-order valence-electron chi connectivity index (χ2n) is 4.10. The molecule has 1 rings (SSSR count).